The van der Waals surface area contributed by atoms with Crippen molar-refractivity contribution in [2.75, 3.05) is 7.11 Å². The summed E-state index contributed by atoms with van der Waals surface area (Å²) in [6.07, 6.45) is 9.04. The van der Waals surface area contributed by atoms with Crippen LogP contribution in [-0.4, -0.2) is 27.0 Å². The predicted molar refractivity (Wildman–Crippen MR) is 106 cm³/mol. The molecule has 0 fully saturated rings. The van der Waals surface area contributed by atoms with E-state index in [0.29, 0.717) is 18.7 Å². The van der Waals surface area contributed by atoms with E-state index >= 15 is 0 Å². The molecule has 0 aliphatic carbocycles. The molecule has 0 bridgehead atoms. The number of nitrogens with zero attached hydrogens (tertiary/aromatic N) is 3. The Balaban J connectivity index is 1.45. The number of hydrogen-bond acceptors (Lipinski definition) is 4. The number of hydrogen-bond donors (Lipinski definition) is 1. The Morgan fingerprint density at radius 2 is 1.89 bits per heavy atom. The number of halogens is 1. The summed E-state index contributed by atoms with van der Waals surface area (Å²) in [5.74, 6) is 0.101. The molecular formula is C22H21FN4O. The van der Waals surface area contributed by atoms with Gasteiger partial charge < -0.3 is 9.72 Å². The molecule has 4 rings (SSSR count). The maximum atomic E-state index is 13.4. The summed E-state index contributed by atoms with van der Waals surface area (Å²) >= 11 is 0. The zero-order valence-corrected chi connectivity index (χ0v) is 15.9. The minimum absolute atomic E-state index is 0.359. The van der Waals surface area contributed by atoms with Crippen LogP contribution in [-0.2, 0) is 19.3 Å². The molecule has 4 aromatic rings. The van der Waals surface area contributed by atoms with Crippen molar-refractivity contribution in [1.82, 2.24) is 19.9 Å². The van der Waals surface area contributed by atoms with E-state index in [0.717, 1.165) is 46.0 Å². The predicted octanol–water partition coefficient (Wildman–Crippen LogP) is 4.19. The molecule has 0 unspecified atom stereocenters. The van der Waals surface area contributed by atoms with Gasteiger partial charge in [0.15, 0.2) is 0 Å². The van der Waals surface area contributed by atoms with E-state index in [1.54, 1.807) is 7.11 Å². The van der Waals surface area contributed by atoms with E-state index in [4.69, 9.17) is 4.74 Å². The van der Waals surface area contributed by atoms with E-state index in [1.807, 2.05) is 31.6 Å². The van der Waals surface area contributed by atoms with Crippen LogP contribution in [0.5, 0.6) is 5.88 Å². The monoisotopic (exact) mass is 376 g/mol. The lowest BCUT2D eigenvalue weighted by atomic mass is 10.0. The maximum absolute atomic E-state index is 13.4. The van der Waals surface area contributed by atoms with Gasteiger partial charge in [-0.25, -0.2) is 14.4 Å². The van der Waals surface area contributed by atoms with Crippen molar-refractivity contribution in [3.05, 3.63) is 82.8 Å². The number of fused-ring (bicyclic) bond motifs is 1. The van der Waals surface area contributed by atoms with E-state index in [1.165, 1.54) is 11.6 Å². The number of methoxy groups -OCH3 is 1. The summed E-state index contributed by atoms with van der Waals surface area (Å²) in [4.78, 5) is 16.2. The van der Waals surface area contributed by atoms with Crippen molar-refractivity contribution in [3.63, 3.8) is 0 Å². The first-order valence-electron chi connectivity index (χ1n) is 9.17. The molecule has 5 nitrogen and oxygen atoms in total. The minimum atomic E-state index is -0.359. The second kappa shape index (κ2) is 7.76. The van der Waals surface area contributed by atoms with Crippen LogP contribution in [0.4, 0.5) is 4.39 Å². The second-order valence-corrected chi connectivity index (χ2v) is 6.88. The third-order valence-corrected chi connectivity index (χ3v) is 4.77. The smallest absolute Gasteiger partial charge is 0.216 e. The third-order valence-electron chi connectivity index (χ3n) is 4.77. The molecule has 142 valence electrons. The van der Waals surface area contributed by atoms with Crippen LogP contribution in [0.25, 0.3) is 11.0 Å². The Bertz CT molecular complexity index is 1110. The van der Waals surface area contributed by atoms with Crippen LogP contribution in [0.2, 0.25) is 0 Å². The van der Waals surface area contributed by atoms with Gasteiger partial charge in [0.05, 0.1) is 13.3 Å². The van der Waals surface area contributed by atoms with E-state index < -0.39 is 0 Å². The highest BCUT2D eigenvalue weighted by molar-refractivity contribution is 5.80. The van der Waals surface area contributed by atoms with Crippen molar-refractivity contribution >= 4 is 11.0 Å². The lowest BCUT2D eigenvalue weighted by Crippen LogP contribution is -2.00. The first kappa shape index (κ1) is 18.1. The highest BCUT2D eigenvalue weighted by Gasteiger charge is 2.09. The summed E-state index contributed by atoms with van der Waals surface area (Å²) in [5, 5.41) is 1.15. The van der Waals surface area contributed by atoms with Crippen molar-refractivity contribution in [2.45, 2.75) is 26.2 Å². The fourth-order valence-electron chi connectivity index (χ4n) is 3.33. The average molecular weight is 376 g/mol. The summed E-state index contributed by atoms with van der Waals surface area (Å²) < 4.78 is 18.6. The molecular weight excluding hydrogens is 355 g/mol. The fraction of sp³-hybridized carbons (Fsp3) is 0.227. The molecule has 28 heavy (non-hydrogen) atoms. The van der Waals surface area contributed by atoms with Gasteiger partial charge in [-0.1, -0.05) is 6.07 Å². The zero-order chi connectivity index (χ0) is 19.5. The Hall–Kier alpha value is -3.28. The van der Waals surface area contributed by atoms with E-state index in [9.17, 15) is 4.39 Å². The van der Waals surface area contributed by atoms with Gasteiger partial charge in [-0.15, -0.1) is 0 Å². The molecule has 4 aromatic heterocycles. The zero-order valence-electron chi connectivity index (χ0n) is 15.9. The van der Waals surface area contributed by atoms with Crippen LogP contribution in [0.3, 0.4) is 0 Å². The van der Waals surface area contributed by atoms with Gasteiger partial charge in [0, 0.05) is 41.7 Å². The summed E-state index contributed by atoms with van der Waals surface area (Å²) in [6, 6.07) is 7.72. The number of H-pyrrole nitrogens is 1. The summed E-state index contributed by atoms with van der Waals surface area (Å²) in [6.45, 7) is 2.04. The number of pyridine rings is 3. The SMILES string of the molecule is COc1ncc(F)cc1CCc1ccc(Cc2c[nH]c3ncc(C)cc23)cn1. The molecule has 0 radical (unpaired) electrons. The first-order chi connectivity index (χ1) is 13.6. The molecule has 0 aliphatic heterocycles. The Morgan fingerprint density at radius 3 is 2.68 bits per heavy atom. The topological polar surface area (TPSA) is 63.7 Å². The number of aryl methyl sites for hydroxylation is 3. The highest BCUT2D eigenvalue weighted by Crippen LogP contribution is 2.21. The Labute approximate surface area is 162 Å². The molecule has 0 amide bonds. The largest absolute Gasteiger partial charge is 0.481 e. The molecule has 0 aliphatic rings. The normalized spacial score (nSPS) is 11.1. The molecule has 4 heterocycles. The van der Waals surface area contributed by atoms with Gasteiger partial charge in [0.1, 0.15) is 11.5 Å². The van der Waals surface area contributed by atoms with Crippen molar-refractivity contribution in [2.24, 2.45) is 0 Å². The van der Waals surface area contributed by atoms with Crippen molar-refractivity contribution < 1.29 is 9.13 Å². The molecule has 1 N–H and O–H groups in total. The van der Waals surface area contributed by atoms with Crippen molar-refractivity contribution in [3.8, 4) is 5.88 Å². The Morgan fingerprint density at radius 1 is 1.00 bits per heavy atom. The average Bonchev–Trinajstić information content (AvgIpc) is 3.09. The lowest BCUT2D eigenvalue weighted by Gasteiger charge is -2.07. The van der Waals surface area contributed by atoms with Crippen LogP contribution in [0, 0.1) is 12.7 Å². The third kappa shape index (κ3) is 3.86. The molecule has 0 saturated carbocycles. The van der Waals surface area contributed by atoms with Crippen molar-refractivity contribution in [1.29, 1.82) is 0 Å². The number of nitrogens with one attached hydrogen (secondary N) is 1. The lowest BCUT2D eigenvalue weighted by molar-refractivity contribution is 0.390. The second-order valence-electron chi connectivity index (χ2n) is 6.88. The van der Waals surface area contributed by atoms with Crippen LogP contribution < -0.4 is 4.74 Å². The van der Waals surface area contributed by atoms with Gasteiger partial charge in [-0.3, -0.25) is 4.98 Å². The summed E-state index contributed by atoms with van der Waals surface area (Å²) in [7, 11) is 1.54. The minimum Gasteiger partial charge on any atom is -0.481 e. The fourth-order valence-corrected chi connectivity index (χ4v) is 3.33. The first-order valence-corrected chi connectivity index (χ1v) is 9.17. The number of aromatic nitrogens is 4. The standard InChI is InChI=1S/C22H21FN4O/c1-14-7-20-17(12-26-21(20)25-10-14)8-15-3-5-19(24-11-15)6-4-16-9-18(23)13-27-22(16)28-2/h3,5,7,9-13H,4,6,8H2,1-2H3,(H,25,26). The van der Waals surface area contributed by atoms with Crippen LogP contribution in [0.15, 0.2) is 49.1 Å². The van der Waals surface area contributed by atoms with Gasteiger partial charge >= 0.3 is 0 Å². The quantitative estimate of drug-likeness (QED) is 0.548. The molecule has 0 spiro atoms. The highest BCUT2D eigenvalue weighted by atomic mass is 19.1. The number of aromatic amines is 1. The van der Waals surface area contributed by atoms with Crippen LogP contribution >= 0.6 is 0 Å². The molecule has 0 atom stereocenters. The van der Waals surface area contributed by atoms with E-state index in [2.05, 4.69) is 32.1 Å². The van der Waals surface area contributed by atoms with Crippen LogP contribution in [0.1, 0.15) is 27.9 Å². The maximum Gasteiger partial charge on any atom is 0.216 e. The van der Waals surface area contributed by atoms with E-state index in [-0.39, 0.29) is 5.82 Å². The number of ether oxygens (including phenoxy) is 1. The molecule has 6 heteroatoms. The molecule has 0 aromatic carbocycles. The van der Waals surface area contributed by atoms with Gasteiger partial charge in [-0.05, 0) is 54.7 Å². The van der Waals surface area contributed by atoms with Gasteiger partial charge in [0.25, 0.3) is 0 Å². The van der Waals surface area contributed by atoms with Gasteiger partial charge in [0.2, 0.25) is 5.88 Å². The Kier molecular flexibility index (Phi) is 5.02. The summed E-state index contributed by atoms with van der Waals surface area (Å²) in [5.41, 5.74) is 6.08. The van der Waals surface area contributed by atoms with Gasteiger partial charge in [-0.2, -0.15) is 0 Å². The number of rotatable bonds is 6. The molecule has 0 saturated heterocycles.